The minimum absolute atomic E-state index is 0.00398. The molecule has 0 saturated heterocycles. The first-order chi connectivity index (χ1) is 12.2. The van der Waals surface area contributed by atoms with Gasteiger partial charge in [0.1, 0.15) is 5.75 Å². The van der Waals surface area contributed by atoms with Crippen LogP contribution in [0.1, 0.15) is 16.7 Å². The van der Waals surface area contributed by atoms with Crippen molar-refractivity contribution in [2.45, 2.75) is 19.4 Å². The smallest absolute Gasteiger partial charge is 0.224 e. The summed E-state index contributed by atoms with van der Waals surface area (Å²) in [7, 11) is 1.63. The van der Waals surface area contributed by atoms with Gasteiger partial charge in [-0.15, -0.1) is 0 Å². The van der Waals surface area contributed by atoms with Crippen molar-refractivity contribution in [1.82, 2.24) is 10.3 Å². The van der Waals surface area contributed by atoms with Gasteiger partial charge in [-0.2, -0.15) is 0 Å². The van der Waals surface area contributed by atoms with Crippen LogP contribution in [0.4, 0.5) is 0 Å². The molecule has 5 nitrogen and oxygen atoms in total. The molecule has 0 fully saturated rings. The van der Waals surface area contributed by atoms with Crippen LogP contribution in [0.5, 0.6) is 5.75 Å². The topological polar surface area (TPSA) is 74.4 Å². The van der Waals surface area contributed by atoms with E-state index in [1.807, 2.05) is 48.7 Å². The molecule has 0 spiro atoms. The second-order valence-electron chi connectivity index (χ2n) is 5.98. The van der Waals surface area contributed by atoms with E-state index >= 15 is 0 Å². The van der Waals surface area contributed by atoms with Gasteiger partial charge in [-0.3, -0.25) is 4.79 Å². The molecule has 3 aromatic rings. The third-order valence-corrected chi connectivity index (χ3v) is 4.27. The van der Waals surface area contributed by atoms with Crippen LogP contribution in [0, 0.1) is 0 Å². The zero-order chi connectivity index (χ0) is 17.6. The van der Waals surface area contributed by atoms with Gasteiger partial charge < -0.3 is 20.1 Å². The van der Waals surface area contributed by atoms with Gasteiger partial charge in [0, 0.05) is 23.6 Å². The number of aliphatic hydroxyl groups is 1. The predicted molar refractivity (Wildman–Crippen MR) is 97.6 cm³/mol. The van der Waals surface area contributed by atoms with Crippen LogP contribution in [-0.4, -0.2) is 29.7 Å². The molecule has 0 unspecified atom stereocenters. The van der Waals surface area contributed by atoms with Crippen LogP contribution >= 0.6 is 0 Å². The third kappa shape index (κ3) is 4.19. The molecular weight excluding hydrogens is 316 g/mol. The maximum Gasteiger partial charge on any atom is 0.224 e. The highest BCUT2D eigenvalue weighted by Gasteiger charge is 2.09. The summed E-state index contributed by atoms with van der Waals surface area (Å²) >= 11 is 0. The Morgan fingerprint density at radius 3 is 2.64 bits per heavy atom. The Morgan fingerprint density at radius 2 is 1.92 bits per heavy atom. The van der Waals surface area contributed by atoms with Gasteiger partial charge in [-0.1, -0.05) is 24.3 Å². The summed E-state index contributed by atoms with van der Waals surface area (Å²) in [5.74, 6) is 0.774. The Kier molecular flexibility index (Phi) is 5.36. The number of carbonyl (C=O) groups is 1. The van der Waals surface area contributed by atoms with Crippen molar-refractivity contribution < 1.29 is 14.6 Å². The first kappa shape index (κ1) is 17.0. The highest BCUT2D eigenvalue weighted by atomic mass is 16.5. The number of H-pyrrole nitrogens is 1. The van der Waals surface area contributed by atoms with Gasteiger partial charge in [0.25, 0.3) is 0 Å². The molecule has 0 radical (unpaired) electrons. The summed E-state index contributed by atoms with van der Waals surface area (Å²) in [6.07, 6.45) is 2.97. The molecule has 130 valence electrons. The van der Waals surface area contributed by atoms with Crippen molar-refractivity contribution in [2.75, 3.05) is 13.7 Å². The van der Waals surface area contributed by atoms with Crippen molar-refractivity contribution in [3.63, 3.8) is 0 Å². The standard InChI is InChI=1S/C20H22N2O3/c1-25-17-6-7-19-18(11-17)16(12-22-19)10-20(24)21-9-8-14-2-4-15(13-23)5-3-14/h2-7,11-12,22-23H,8-10,13H2,1H3,(H,21,24). The normalized spacial score (nSPS) is 10.8. The molecule has 0 aliphatic carbocycles. The van der Waals surface area contributed by atoms with Gasteiger partial charge in [0.15, 0.2) is 0 Å². The Labute approximate surface area is 146 Å². The number of ether oxygens (including phenoxy) is 1. The van der Waals surface area contributed by atoms with Gasteiger partial charge in [-0.05, 0) is 41.3 Å². The monoisotopic (exact) mass is 338 g/mol. The fourth-order valence-electron chi connectivity index (χ4n) is 2.82. The Balaban J connectivity index is 1.55. The number of benzene rings is 2. The van der Waals surface area contributed by atoms with Gasteiger partial charge >= 0.3 is 0 Å². The number of aliphatic hydroxyl groups excluding tert-OH is 1. The fraction of sp³-hybridized carbons (Fsp3) is 0.250. The number of methoxy groups -OCH3 is 1. The number of hydrogen-bond acceptors (Lipinski definition) is 3. The predicted octanol–water partition coefficient (Wildman–Crippen LogP) is 2.57. The van der Waals surface area contributed by atoms with E-state index < -0.39 is 0 Å². The molecule has 1 aromatic heterocycles. The molecule has 5 heteroatoms. The van der Waals surface area contributed by atoms with E-state index in [9.17, 15) is 4.79 Å². The highest BCUT2D eigenvalue weighted by Crippen LogP contribution is 2.23. The largest absolute Gasteiger partial charge is 0.497 e. The molecule has 0 aliphatic heterocycles. The van der Waals surface area contributed by atoms with E-state index in [0.29, 0.717) is 13.0 Å². The lowest BCUT2D eigenvalue weighted by Crippen LogP contribution is -2.27. The number of carbonyl (C=O) groups excluding carboxylic acids is 1. The van der Waals surface area contributed by atoms with E-state index in [2.05, 4.69) is 10.3 Å². The summed E-state index contributed by atoms with van der Waals surface area (Å²) in [4.78, 5) is 15.4. The molecule has 0 aliphatic rings. The van der Waals surface area contributed by atoms with E-state index in [4.69, 9.17) is 9.84 Å². The van der Waals surface area contributed by atoms with Crippen LogP contribution in [0.15, 0.2) is 48.7 Å². The lowest BCUT2D eigenvalue weighted by atomic mass is 10.1. The van der Waals surface area contributed by atoms with Crippen LogP contribution < -0.4 is 10.1 Å². The van der Waals surface area contributed by atoms with E-state index in [0.717, 1.165) is 39.8 Å². The average molecular weight is 338 g/mol. The lowest BCUT2D eigenvalue weighted by Gasteiger charge is -2.06. The SMILES string of the molecule is COc1ccc2[nH]cc(CC(=O)NCCc3ccc(CO)cc3)c2c1. The van der Waals surface area contributed by atoms with Gasteiger partial charge in [-0.25, -0.2) is 0 Å². The zero-order valence-corrected chi connectivity index (χ0v) is 14.2. The van der Waals surface area contributed by atoms with Crippen molar-refractivity contribution in [2.24, 2.45) is 0 Å². The van der Waals surface area contributed by atoms with Crippen LogP contribution in [-0.2, 0) is 24.2 Å². The number of nitrogens with one attached hydrogen (secondary N) is 2. The zero-order valence-electron chi connectivity index (χ0n) is 14.2. The van der Waals surface area contributed by atoms with Crippen molar-refractivity contribution in [1.29, 1.82) is 0 Å². The third-order valence-electron chi connectivity index (χ3n) is 4.27. The molecule has 0 saturated carbocycles. The summed E-state index contributed by atoms with van der Waals surface area (Å²) in [6, 6.07) is 13.5. The first-order valence-corrected chi connectivity index (χ1v) is 8.29. The van der Waals surface area contributed by atoms with Crippen LogP contribution in [0.2, 0.25) is 0 Å². The first-order valence-electron chi connectivity index (χ1n) is 8.29. The number of amides is 1. The Bertz CT molecular complexity index is 853. The average Bonchev–Trinajstić information content (AvgIpc) is 3.04. The van der Waals surface area contributed by atoms with E-state index in [1.54, 1.807) is 7.11 Å². The van der Waals surface area contributed by atoms with Crippen LogP contribution in [0.3, 0.4) is 0 Å². The second kappa shape index (κ2) is 7.85. The maximum absolute atomic E-state index is 12.2. The maximum atomic E-state index is 12.2. The molecule has 25 heavy (non-hydrogen) atoms. The molecule has 1 heterocycles. The molecular formula is C20H22N2O3. The summed E-state index contributed by atoms with van der Waals surface area (Å²) in [5, 5.41) is 13.0. The Morgan fingerprint density at radius 1 is 1.16 bits per heavy atom. The number of aromatic nitrogens is 1. The highest BCUT2D eigenvalue weighted by molar-refractivity contribution is 5.89. The number of aromatic amines is 1. The lowest BCUT2D eigenvalue weighted by molar-refractivity contribution is -0.120. The molecule has 2 aromatic carbocycles. The van der Waals surface area contributed by atoms with Gasteiger partial charge in [0.05, 0.1) is 20.1 Å². The second-order valence-corrected chi connectivity index (χ2v) is 5.98. The van der Waals surface area contributed by atoms with E-state index in [-0.39, 0.29) is 12.5 Å². The minimum Gasteiger partial charge on any atom is -0.497 e. The number of rotatable bonds is 7. The van der Waals surface area contributed by atoms with Crippen molar-refractivity contribution in [3.8, 4) is 5.75 Å². The fourth-order valence-corrected chi connectivity index (χ4v) is 2.82. The number of hydrogen-bond donors (Lipinski definition) is 3. The van der Waals surface area contributed by atoms with Crippen LogP contribution in [0.25, 0.3) is 10.9 Å². The molecule has 3 N–H and O–H groups in total. The molecule has 1 amide bonds. The summed E-state index contributed by atoms with van der Waals surface area (Å²) < 4.78 is 5.25. The molecule has 3 rings (SSSR count). The minimum atomic E-state index is -0.00398. The Hall–Kier alpha value is -2.79. The summed E-state index contributed by atoms with van der Waals surface area (Å²) in [6.45, 7) is 0.634. The molecule has 0 bridgehead atoms. The van der Waals surface area contributed by atoms with Crippen molar-refractivity contribution >= 4 is 16.8 Å². The van der Waals surface area contributed by atoms with Crippen molar-refractivity contribution in [3.05, 3.63) is 65.4 Å². The van der Waals surface area contributed by atoms with E-state index in [1.165, 1.54) is 0 Å². The molecule has 0 atom stereocenters. The number of fused-ring (bicyclic) bond motifs is 1. The quantitative estimate of drug-likeness (QED) is 0.620. The summed E-state index contributed by atoms with van der Waals surface area (Å²) in [5.41, 5.74) is 3.98. The van der Waals surface area contributed by atoms with Gasteiger partial charge in [0.2, 0.25) is 5.91 Å².